The van der Waals surface area contributed by atoms with E-state index < -0.39 is 0 Å². The van der Waals surface area contributed by atoms with Gasteiger partial charge in [-0.2, -0.15) is 0 Å². The maximum absolute atomic E-state index is 6.27. The van der Waals surface area contributed by atoms with Crippen LogP contribution in [0.5, 0.6) is 0 Å². The van der Waals surface area contributed by atoms with E-state index in [0.717, 1.165) is 17.9 Å². The van der Waals surface area contributed by atoms with E-state index in [1.165, 1.54) is 16.7 Å². The zero-order chi connectivity index (χ0) is 11.4. The highest BCUT2D eigenvalue weighted by atomic mass is 35.5. The normalized spacial score (nSPS) is 12.9. The first-order valence-electron chi connectivity index (χ1n) is 5.54. The molecule has 0 heterocycles. The summed E-state index contributed by atoms with van der Waals surface area (Å²) in [7, 11) is 1.99. The molecule has 84 valence electrons. The zero-order valence-corrected chi connectivity index (χ0v) is 10.8. The van der Waals surface area contributed by atoms with E-state index in [-0.39, 0.29) is 0 Å². The minimum absolute atomic E-state index is 0.377. The van der Waals surface area contributed by atoms with Crippen molar-refractivity contribution in [3.05, 3.63) is 33.8 Å². The van der Waals surface area contributed by atoms with Crippen molar-refractivity contribution >= 4 is 11.6 Å². The highest BCUT2D eigenvalue weighted by molar-refractivity contribution is 6.31. The number of hydrogen-bond donors (Lipinski definition) is 1. The lowest BCUT2D eigenvalue weighted by atomic mass is 9.98. The average molecular weight is 226 g/mol. The highest BCUT2D eigenvalue weighted by Crippen LogP contribution is 2.28. The van der Waals surface area contributed by atoms with Crippen molar-refractivity contribution in [3.63, 3.8) is 0 Å². The van der Waals surface area contributed by atoms with Gasteiger partial charge in [0, 0.05) is 11.1 Å². The second kappa shape index (κ2) is 5.53. The Morgan fingerprint density at radius 3 is 2.40 bits per heavy atom. The van der Waals surface area contributed by atoms with Gasteiger partial charge in [-0.05, 0) is 50.1 Å². The molecule has 0 bridgehead atoms. The largest absolute Gasteiger partial charge is 0.313 e. The second-order valence-electron chi connectivity index (χ2n) is 4.09. The molecule has 0 aliphatic carbocycles. The van der Waals surface area contributed by atoms with Gasteiger partial charge in [0.1, 0.15) is 0 Å². The minimum Gasteiger partial charge on any atom is -0.313 e. The summed E-state index contributed by atoms with van der Waals surface area (Å²) in [5.41, 5.74) is 3.80. The maximum atomic E-state index is 6.27. The molecule has 0 aliphatic heterocycles. The first-order valence-corrected chi connectivity index (χ1v) is 5.91. The molecule has 0 saturated carbocycles. The highest BCUT2D eigenvalue weighted by Gasteiger charge is 2.12. The maximum Gasteiger partial charge on any atom is 0.0456 e. The summed E-state index contributed by atoms with van der Waals surface area (Å²) in [5.74, 6) is 0. The van der Waals surface area contributed by atoms with E-state index >= 15 is 0 Å². The summed E-state index contributed by atoms with van der Waals surface area (Å²) < 4.78 is 0. The quantitative estimate of drug-likeness (QED) is 0.816. The number of nitrogens with one attached hydrogen (secondary N) is 1. The van der Waals surface area contributed by atoms with Gasteiger partial charge >= 0.3 is 0 Å². The van der Waals surface area contributed by atoms with E-state index in [4.69, 9.17) is 11.6 Å². The molecule has 15 heavy (non-hydrogen) atoms. The molecule has 0 radical (unpaired) electrons. The van der Waals surface area contributed by atoms with Crippen molar-refractivity contribution in [3.8, 4) is 0 Å². The molecule has 1 unspecified atom stereocenters. The minimum atomic E-state index is 0.377. The lowest BCUT2D eigenvalue weighted by Crippen LogP contribution is -2.16. The van der Waals surface area contributed by atoms with Crippen LogP contribution in [0, 0.1) is 13.8 Å². The summed E-state index contributed by atoms with van der Waals surface area (Å²) in [6.07, 6.45) is 2.29. The van der Waals surface area contributed by atoms with Gasteiger partial charge in [0.25, 0.3) is 0 Å². The van der Waals surface area contributed by atoms with Gasteiger partial charge in [0.15, 0.2) is 0 Å². The molecule has 0 aliphatic rings. The Morgan fingerprint density at radius 1 is 1.27 bits per heavy atom. The van der Waals surface area contributed by atoms with Gasteiger partial charge in [-0.3, -0.25) is 0 Å². The number of rotatable bonds is 4. The Hall–Kier alpha value is -0.530. The molecule has 2 heteroatoms. The van der Waals surface area contributed by atoms with Crippen LogP contribution in [-0.4, -0.2) is 7.05 Å². The Balaban J connectivity index is 3.06. The number of benzene rings is 1. The van der Waals surface area contributed by atoms with Crippen molar-refractivity contribution < 1.29 is 0 Å². The molecule has 1 aromatic carbocycles. The summed E-state index contributed by atoms with van der Waals surface area (Å²) in [5, 5.41) is 4.20. The summed E-state index contributed by atoms with van der Waals surface area (Å²) in [4.78, 5) is 0. The third-order valence-corrected chi connectivity index (χ3v) is 3.24. The zero-order valence-electron chi connectivity index (χ0n) is 10.0. The lowest BCUT2D eigenvalue weighted by molar-refractivity contribution is 0.541. The van der Waals surface area contributed by atoms with Gasteiger partial charge in [0.05, 0.1) is 0 Å². The molecule has 0 spiro atoms. The predicted molar refractivity (Wildman–Crippen MR) is 67.6 cm³/mol. The van der Waals surface area contributed by atoms with Crippen LogP contribution in [0.4, 0.5) is 0 Å². The molecular formula is C13H20ClN. The Bertz CT molecular complexity index is 334. The third kappa shape index (κ3) is 2.96. The van der Waals surface area contributed by atoms with Crippen LogP contribution < -0.4 is 5.32 Å². The van der Waals surface area contributed by atoms with Crippen LogP contribution in [0.15, 0.2) is 12.1 Å². The first kappa shape index (κ1) is 12.5. The molecule has 0 amide bonds. The van der Waals surface area contributed by atoms with E-state index in [2.05, 4.69) is 38.2 Å². The van der Waals surface area contributed by atoms with Gasteiger partial charge in [-0.1, -0.05) is 31.0 Å². The van der Waals surface area contributed by atoms with Gasteiger partial charge in [-0.15, -0.1) is 0 Å². The van der Waals surface area contributed by atoms with Gasteiger partial charge in [0.2, 0.25) is 0 Å². The standard InChI is InChI=1S/C13H20ClN/c1-5-6-13(15-4)11-7-9(2)10(3)8-12(11)14/h7-8,13,15H,5-6H2,1-4H3. The SMILES string of the molecule is CCCC(NC)c1cc(C)c(C)cc1Cl. The van der Waals surface area contributed by atoms with Gasteiger partial charge in [-0.25, -0.2) is 0 Å². The molecule has 1 atom stereocenters. The first-order chi connectivity index (χ1) is 7.10. The van der Waals surface area contributed by atoms with E-state index in [1.807, 2.05) is 7.05 Å². The summed E-state index contributed by atoms with van der Waals surface area (Å²) in [6, 6.07) is 4.64. The molecule has 0 saturated heterocycles. The van der Waals surface area contributed by atoms with Crippen molar-refractivity contribution in [2.24, 2.45) is 0 Å². The average Bonchev–Trinajstić information content (AvgIpc) is 2.20. The number of halogens is 1. The van der Waals surface area contributed by atoms with Crippen molar-refractivity contribution in [2.45, 2.75) is 39.7 Å². The Kier molecular flexibility index (Phi) is 4.62. The van der Waals surface area contributed by atoms with Gasteiger partial charge < -0.3 is 5.32 Å². The smallest absolute Gasteiger partial charge is 0.0456 e. The molecule has 1 rings (SSSR count). The van der Waals surface area contributed by atoms with E-state index in [1.54, 1.807) is 0 Å². The fourth-order valence-corrected chi connectivity index (χ4v) is 2.16. The van der Waals surface area contributed by atoms with Crippen LogP contribution in [0.2, 0.25) is 5.02 Å². The monoisotopic (exact) mass is 225 g/mol. The van der Waals surface area contributed by atoms with Crippen LogP contribution in [0.1, 0.15) is 42.5 Å². The van der Waals surface area contributed by atoms with Crippen LogP contribution in [-0.2, 0) is 0 Å². The van der Waals surface area contributed by atoms with Crippen molar-refractivity contribution in [1.29, 1.82) is 0 Å². The van der Waals surface area contributed by atoms with E-state index in [0.29, 0.717) is 6.04 Å². The molecule has 1 nitrogen and oxygen atoms in total. The van der Waals surface area contributed by atoms with Crippen LogP contribution in [0.25, 0.3) is 0 Å². The predicted octanol–water partition coefficient (Wildman–Crippen LogP) is 4.02. The lowest BCUT2D eigenvalue weighted by Gasteiger charge is -2.18. The van der Waals surface area contributed by atoms with Crippen LogP contribution >= 0.6 is 11.6 Å². The molecule has 1 N–H and O–H groups in total. The molecule has 1 aromatic rings. The van der Waals surface area contributed by atoms with Crippen molar-refractivity contribution in [1.82, 2.24) is 5.32 Å². The number of hydrogen-bond acceptors (Lipinski definition) is 1. The summed E-state index contributed by atoms with van der Waals surface area (Å²) in [6.45, 7) is 6.42. The summed E-state index contributed by atoms with van der Waals surface area (Å²) >= 11 is 6.27. The Labute approximate surface area is 97.8 Å². The van der Waals surface area contributed by atoms with Crippen LogP contribution in [0.3, 0.4) is 0 Å². The number of aryl methyl sites for hydroxylation is 2. The Morgan fingerprint density at radius 2 is 1.87 bits per heavy atom. The van der Waals surface area contributed by atoms with Crippen molar-refractivity contribution in [2.75, 3.05) is 7.05 Å². The third-order valence-electron chi connectivity index (χ3n) is 2.91. The second-order valence-corrected chi connectivity index (χ2v) is 4.50. The molecular weight excluding hydrogens is 206 g/mol. The fourth-order valence-electron chi connectivity index (χ4n) is 1.81. The van der Waals surface area contributed by atoms with E-state index in [9.17, 15) is 0 Å². The molecule has 0 fully saturated rings. The topological polar surface area (TPSA) is 12.0 Å². The fraction of sp³-hybridized carbons (Fsp3) is 0.538. The molecule has 0 aromatic heterocycles.